The van der Waals surface area contributed by atoms with E-state index in [0.717, 1.165) is 54.0 Å². The Bertz CT molecular complexity index is 1210. The summed E-state index contributed by atoms with van der Waals surface area (Å²) in [7, 11) is 6.32. The van der Waals surface area contributed by atoms with Crippen molar-refractivity contribution in [1.82, 2.24) is 14.9 Å². The number of halogens is 1. The van der Waals surface area contributed by atoms with Crippen molar-refractivity contribution in [3.05, 3.63) is 53.7 Å². The highest BCUT2D eigenvalue weighted by Gasteiger charge is 2.23. The Morgan fingerprint density at radius 2 is 1.82 bits per heavy atom. The minimum Gasteiger partial charge on any atom is -0.492 e. The molecule has 1 aliphatic heterocycles. The third-order valence-corrected chi connectivity index (χ3v) is 8.20. The van der Waals surface area contributed by atoms with Gasteiger partial charge in [0, 0.05) is 45.1 Å². The Hall–Kier alpha value is -2.68. The zero-order valence-electron chi connectivity index (χ0n) is 22.6. The summed E-state index contributed by atoms with van der Waals surface area (Å²) in [5, 5.41) is 7.90. The van der Waals surface area contributed by atoms with E-state index in [9.17, 15) is 0 Å². The molecule has 1 fully saturated rings. The summed E-state index contributed by atoms with van der Waals surface area (Å²) < 4.78 is 17.0. The third kappa shape index (κ3) is 6.84. The van der Waals surface area contributed by atoms with E-state index >= 15 is 0 Å². The number of rotatable bonds is 11. The lowest BCUT2D eigenvalue weighted by Crippen LogP contribution is -2.42. The van der Waals surface area contributed by atoms with Crippen LogP contribution < -0.4 is 25.6 Å². The van der Waals surface area contributed by atoms with Crippen molar-refractivity contribution in [2.45, 2.75) is 25.8 Å². The first-order chi connectivity index (χ1) is 18.4. The fraction of sp³-hybridized carbons (Fsp3) is 0.407. The maximum atomic E-state index is 6.45. The largest absolute Gasteiger partial charge is 0.492 e. The van der Waals surface area contributed by atoms with E-state index in [2.05, 4.69) is 50.6 Å². The van der Waals surface area contributed by atoms with E-state index in [-0.39, 0.29) is 0 Å². The van der Waals surface area contributed by atoms with E-state index in [1.807, 2.05) is 43.3 Å². The average Bonchev–Trinajstić information content (AvgIpc) is 2.92. The molecule has 0 amide bonds. The first kappa shape index (κ1) is 28.3. The van der Waals surface area contributed by atoms with Gasteiger partial charge < -0.3 is 34.2 Å². The van der Waals surface area contributed by atoms with Crippen LogP contribution in [0.1, 0.15) is 19.8 Å². The van der Waals surface area contributed by atoms with Gasteiger partial charge in [-0.05, 0) is 58.1 Å². The highest BCUT2D eigenvalue weighted by molar-refractivity contribution is 7.56. The highest BCUT2D eigenvalue weighted by Crippen LogP contribution is 2.39. The number of ether oxygens (including phenoxy) is 1. The Morgan fingerprint density at radius 3 is 2.50 bits per heavy atom. The van der Waals surface area contributed by atoms with Crippen molar-refractivity contribution in [3.8, 4) is 5.75 Å². The second kappa shape index (κ2) is 13.4. The molecule has 2 N–H and O–H groups in total. The van der Waals surface area contributed by atoms with Gasteiger partial charge >= 0.3 is 0 Å². The standard InChI is InChI=1S/C27H36ClN6O3P/c1-6-37-24-17-19(11-12-23(24)34-15-13-20(14-16-34)33(2)3)30-27-29-18-21(28)26(32-27)31-22-9-7-8-10-25(22)38(35-4)36-5/h7-12,17-18,20H,6,13-16H2,1-5H3,(H2,29,30,31,32). The molecule has 204 valence electrons. The number of hydrogen-bond acceptors (Lipinski definition) is 9. The van der Waals surface area contributed by atoms with Crippen molar-refractivity contribution >= 4 is 54.1 Å². The van der Waals surface area contributed by atoms with E-state index in [1.165, 1.54) is 0 Å². The summed E-state index contributed by atoms with van der Waals surface area (Å²) in [6, 6.07) is 14.5. The van der Waals surface area contributed by atoms with Gasteiger partial charge in [0.05, 0.1) is 29.5 Å². The molecule has 1 aliphatic rings. The summed E-state index contributed by atoms with van der Waals surface area (Å²) >= 11 is 6.45. The highest BCUT2D eigenvalue weighted by atomic mass is 35.5. The molecule has 0 spiro atoms. The van der Waals surface area contributed by atoms with Crippen LogP contribution in [0.5, 0.6) is 5.75 Å². The lowest BCUT2D eigenvalue weighted by Gasteiger charge is -2.37. The molecule has 1 aromatic heterocycles. The van der Waals surface area contributed by atoms with Gasteiger partial charge in [-0.3, -0.25) is 0 Å². The van der Waals surface area contributed by atoms with Crippen LogP contribution >= 0.6 is 20.0 Å². The zero-order chi connectivity index (χ0) is 27.1. The van der Waals surface area contributed by atoms with Crippen LogP contribution in [0.15, 0.2) is 48.7 Å². The van der Waals surface area contributed by atoms with E-state index in [4.69, 9.17) is 25.4 Å². The quantitative estimate of drug-likeness (QED) is 0.285. The number of piperidine rings is 1. The SMILES string of the molecule is CCOc1cc(Nc2ncc(Cl)c(Nc3ccccc3P(OC)OC)n2)ccc1N1CCC(N(C)C)CC1. The van der Waals surface area contributed by atoms with Crippen LogP contribution in [0.25, 0.3) is 0 Å². The van der Waals surface area contributed by atoms with Gasteiger partial charge in [-0.1, -0.05) is 23.7 Å². The average molecular weight is 559 g/mol. The lowest BCUT2D eigenvalue weighted by atomic mass is 10.0. The Morgan fingerprint density at radius 1 is 1.08 bits per heavy atom. The van der Waals surface area contributed by atoms with Crippen LogP contribution in [0.2, 0.25) is 5.02 Å². The molecular formula is C27H36ClN6O3P. The van der Waals surface area contributed by atoms with Crippen LogP contribution in [0.4, 0.5) is 28.8 Å². The molecule has 0 radical (unpaired) electrons. The van der Waals surface area contributed by atoms with Crippen molar-refractivity contribution in [1.29, 1.82) is 0 Å². The fourth-order valence-corrected chi connectivity index (χ4v) is 5.74. The number of aromatic nitrogens is 2. The van der Waals surface area contributed by atoms with Gasteiger partial charge in [0.2, 0.25) is 14.3 Å². The number of nitrogens with zero attached hydrogens (tertiary/aromatic N) is 4. The lowest BCUT2D eigenvalue weighted by molar-refractivity contribution is 0.249. The third-order valence-electron chi connectivity index (χ3n) is 6.48. The molecule has 38 heavy (non-hydrogen) atoms. The van der Waals surface area contributed by atoms with E-state index in [1.54, 1.807) is 20.4 Å². The fourth-order valence-electron chi connectivity index (χ4n) is 4.53. The molecule has 2 aromatic carbocycles. The van der Waals surface area contributed by atoms with Crippen LogP contribution in [-0.2, 0) is 9.05 Å². The summed E-state index contributed by atoms with van der Waals surface area (Å²) in [6.45, 7) is 4.59. The van der Waals surface area contributed by atoms with Crippen LogP contribution in [0, 0.1) is 0 Å². The first-order valence-electron chi connectivity index (χ1n) is 12.7. The van der Waals surface area contributed by atoms with Crippen molar-refractivity contribution in [3.63, 3.8) is 0 Å². The number of para-hydroxylation sites is 1. The molecule has 2 heterocycles. The molecule has 3 aromatic rings. The van der Waals surface area contributed by atoms with Gasteiger partial charge in [-0.15, -0.1) is 0 Å². The predicted molar refractivity (Wildman–Crippen MR) is 157 cm³/mol. The van der Waals surface area contributed by atoms with Gasteiger partial charge in [-0.25, -0.2) is 4.98 Å². The second-order valence-electron chi connectivity index (χ2n) is 9.08. The molecule has 0 aliphatic carbocycles. The van der Waals surface area contributed by atoms with E-state index in [0.29, 0.717) is 29.4 Å². The normalized spacial score (nSPS) is 14.3. The Labute approximate surface area is 231 Å². The van der Waals surface area contributed by atoms with Crippen molar-refractivity contribution in [2.24, 2.45) is 0 Å². The van der Waals surface area contributed by atoms with Gasteiger partial charge in [0.1, 0.15) is 10.8 Å². The maximum absolute atomic E-state index is 6.45. The molecule has 0 unspecified atom stereocenters. The number of anilines is 5. The first-order valence-corrected chi connectivity index (χ1v) is 14.2. The summed E-state index contributed by atoms with van der Waals surface area (Å²) in [5.74, 6) is 1.73. The topological polar surface area (TPSA) is 84.0 Å². The minimum atomic E-state index is -1.23. The molecule has 0 atom stereocenters. The zero-order valence-corrected chi connectivity index (χ0v) is 24.2. The maximum Gasteiger partial charge on any atom is 0.229 e. The van der Waals surface area contributed by atoms with E-state index < -0.39 is 8.38 Å². The summed E-state index contributed by atoms with van der Waals surface area (Å²) in [5.41, 5.74) is 2.74. The van der Waals surface area contributed by atoms with Crippen molar-refractivity contribution < 1.29 is 13.8 Å². The second-order valence-corrected chi connectivity index (χ2v) is 11.2. The summed E-state index contributed by atoms with van der Waals surface area (Å²) in [6.07, 6.45) is 3.84. The Balaban J connectivity index is 1.53. The number of hydrogen-bond donors (Lipinski definition) is 2. The summed E-state index contributed by atoms with van der Waals surface area (Å²) in [4.78, 5) is 13.7. The molecule has 4 rings (SSSR count). The molecule has 0 saturated carbocycles. The van der Waals surface area contributed by atoms with Crippen LogP contribution in [-0.4, -0.2) is 68.9 Å². The van der Waals surface area contributed by atoms with Crippen LogP contribution in [0.3, 0.4) is 0 Å². The van der Waals surface area contributed by atoms with Crippen molar-refractivity contribution in [2.75, 3.05) is 63.5 Å². The van der Waals surface area contributed by atoms with Gasteiger partial charge in [0.25, 0.3) is 0 Å². The number of nitrogens with one attached hydrogen (secondary N) is 2. The smallest absolute Gasteiger partial charge is 0.229 e. The minimum absolute atomic E-state index is 0.399. The van der Waals surface area contributed by atoms with Gasteiger partial charge in [-0.2, -0.15) is 4.98 Å². The monoisotopic (exact) mass is 558 g/mol. The molecular weight excluding hydrogens is 523 g/mol. The Kier molecular flexibility index (Phi) is 9.99. The predicted octanol–water partition coefficient (Wildman–Crippen LogP) is 5.78. The molecule has 9 nitrogen and oxygen atoms in total. The molecule has 0 bridgehead atoms. The molecule has 1 saturated heterocycles. The number of benzene rings is 2. The molecule has 11 heteroatoms. The van der Waals surface area contributed by atoms with Gasteiger partial charge in [0.15, 0.2) is 5.82 Å².